The summed E-state index contributed by atoms with van der Waals surface area (Å²) in [6, 6.07) is 9.42. The molecule has 0 N–H and O–H groups in total. The number of pyridine rings is 1. The number of ether oxygens (including phenoxy) is 2. The topological polar surface area (TPSA) is 83.5 Å². The number of hydrogen-bond acceptors (Lipinski definition) is 6. The Balaban J connectivity index is 1.63. The van der Waals surface area contributed by atoms with E-state index in [1.165, 1.54) is 18.2 Å². The SMILES string of the molecule is Cc1cc(=O)n2nc(Oc3ccc(OC(F)(F)F)cc3)nc2n1Cc1ccc(Cl)nc1. The monoisotopic (exact) mass is 451 g/mol. The second kappa shape index (κ2) is 7.91. The van der Waals surface area contributed by atoms with Crippen molar-refractivity contribution in [3.63, 3.8) is 0 Å². The molecule has 0 saturated heterocycles. The van der Waals surface area contributed by atoms with E-state index in [1.807, 2.05) is 0 Å². The van der Waals surface area contributed by atoms with Gasteiger partial charge in [0, 0.05) is 18.0 Å². The molecule has 12 heteroatoms. The van der Waals surface area contributed by atoms with Crippen LogP contribution < -0.4 is 15.0 Å². The summed E-state index contributed by atoms with van der Waals surface area (Å²) in [5.74, 6) is 0.00437. The van der Waals surface area contributed by atoms with E-state index in [0.29, 0.717) is 17.4 Å². The Bertz CT molecular complexity index is 1280. The maximum Gasteiger partial charge on any atom is 0.573 e. The Morgan fingerprint density at radius 3 is 2.45 bits per heavy atom. The number of nitrogens with zero attached hydrogens (tertiary/aromatic N) is 5. The van der Waals surface area contributed by atoms with Gasteiger partial charge in [-0.2, -0.15) is 9.50 Å². The Labute approximate surface area is 177 Å². The molecule has 1 aromatic carbocycles. The van der Waals surface area contributed by atoms with Crippen molar-refractivity contribution in [3.05, 3.63) is 75.4 Å². The van der Waals surface area contributed by atoms with Crippen molar-refractivity contribution < 1.29 is 22.6 Å². The molecule has 0 amide bonds. The molecule has 0 aliphatic carbocycles. The van der Waals surface area contributed by atoms with Gasteiger partial charge in [-0.25, -0.2) is 4.98 Å². The lowest BCUT2D eigenvalue weighted by Gasteiger charge is -2.11. The minimum absolute atomic E-state index is 0.143. The van der Waals surface area contributed by atoms with Gasteiger partial charge in [0.05, 0.1) is 6.54 Å². The van der Waals surface area contributed by atoms with Crippen molar-refractivity contribution in [2.24, 2.45) is 0 Å². The van der Waals surface area contributed by atoms with Crippen LogP contribution >= 0.6 is 11.6 Å². The van der Waals surface area contributed by atoms with E-state index in [9.17, 15) is 18.0 Å². The van der Waals surface area contributed by atoms with Crippen molar-refractivity contribution >= 4 is 17.4 Å². The summed E-state index contributed by atoms with van der Waals surface area (Å²) in [4.78, 5) is 20.6. The maximum absolute atomic E-state index is 12.3. The van der Waals surface area contributed by atoms with Crippen LogP contribution in [-0.2, 0) is 6.54 Å². The highest BCUT2D eigenvalue weighted by Crippen LogP contribution is 2.26. The third kappa shape index (κ3) is 4.77. The number of halogens is 4. The number of rotatable bonds is 5. The van der Waals surface area contributed by atoms with Crippen molar-refractivity contribution in [2.75, 3.05) is 0 Å². The van der Waals surface area contributed by atoms with E-state index in [2.05, 4.69) is 19.8 Å². The largest absolute Gasteiger partial charge is 0.573 e. The molecule has 3 heterocycles. The molecule has 31 heavy (non-hydrogen) atoms. The third-order valence-corrected chi connectivity index (χ3v) is 4.40. The fourth-order valence-corrected chi connectivity index (χ4v) is 2.93. The fraction of sp³-hybridized carbons (Fsp3) is 0.158. The first-order valence-corrected chi connectivity index (χ1v) is 9.17. The van der Waals surface area contributed by atoms with Crippen LogP contribution in [0.25, 0.3) is 5.78 Å². The predicted molar refractivity (Wildman–Crippen MR) is 104 cm³/mol. The van der Waals surface area contributed by atoms with Crippen molar-refractivity contribution in [2.45, 2.75) is 19.8 Å². The summed E-state index contributed by atoms with van der Waals surface area (Å²) in [5, 5.41) is 4.41. The zero-order valence-corrected chi connectivity index (χ0v) is 16.6. The van der Waals surface area contributed by atoms with Gasteiger partial charge in [-0.05, 0) is 42.8 Å². The Morgan fingerprint density at radius 1 is 1.10 bits per heavy atom. The van der Waals surface area contributed by atoms with Crippen molar-refractivity contribution in [1.29, 1.82) is 0 Å². The van der Waals surface area contributed by atoms with Crippen LogP contribution in [-0.4, -0.2) is 30.5 Å². The normalized spacial score (nSPS) is 11.6. The summed E-state index contributed by atoms with van der Waals surface area (Å²) in [7, 11) is 0. The van der Waals surface area contributed by atoms with Crippen LogP contribution in [0.3, 0.4) is 0 Å². The van der Waals surface area contributed by atoms with E-state index >= 15 is 0 Å². The van der Waals surface area contributed by atoms with Crippen molar-refractivity contribution in [3.8, 4) is 17.5 Å². The molecule has 4 rings (SSSR count). The second-order valence-corrected chi connectivity index (χ2v) is 6.81. The van der Waals surface area contributed by atoms with Crippen LogP contribution in [0.2, 0.25) is 5.15 Å². The predicted octanol–water partition coefficient (Wildman–Crippen LogP) is 3.99. The van der Waals surface area contributed by atoms with Gasteiger partial charge in [-0.3, -0.25) is 4.79 Å². The molecule has 3 aromatic heterocycles. The van der Waals surface area contributed by atoms with Crippen molar-refractivity contribution in [1.82, 2.24) is 24.1 Å². The van der Waals surface area contributed by atoms with Crippen LogP contribution in [0, 0.1) is 6.92 Å². The van der Waals surface area contributed by atoms with Gasteiger partial charge in [-0.15, -0.1) is 18.3 Å². The van der Waals surface area contributed by atoms with Crippen LogP contribution in [0.4, 0.5) is 13.2 Å². The van der Waals surface area contributed by atoms with Crippen LogP contribution in [0.15, 0.2) is 53.5 Å². The lowest BCUT2D eigenvalue weighted by Crippen LogP contribution is -2.20. The van der Waals surface area contributed by atoms with E-state index in [0.717, 1.165) is 22.2 Å². The van der Waals surface area contributed by atoms with Crippen LogP contribution in [0.1, 0.15) is 11.3 Å². The average molecular weight is 452 g/mol. The number of fused-ring (bicyclic) bond motifs is 1. The molecule has 0 aliphatic rings. The van der Waals surface area contributed by atoms with Gasteiger partial charge in [0.1, 0.15) is 16.7 Å². The van der Waals surface area contributed by atoms with Gasteiger partial charge in [-0.1, -0.05) is 17.7 Å². The number of aromatic nitrogens is 5. The lowest BCUT2D eigenvalue weighted by atomic mass is 10.3. The summed E-state index contributed by atoms with van der Waals surface area (Å²) in [6.07, 6.45) is -3.18. The first-order chi connectivity index (χ1) is 14.7. The summed E-state index contributed by atoms with van der Waals surface area (Å²) >= 11 is 5.82. The van der Waals surface area contributed by atoms with E-state index in [1.54, 1.807) is 29.8 Å². The van der Waals surface area contributed by atoms with Gasteiger partial charge in [0.15, 0.2) is 0 Å². The van der Waals surface area contributed by atoms with E-state index in [4.69, 9.17) is 16.3 Å². The Hall–Kier alpha value is -3.60. The molecule has 0 aliphatic heterocycles. The van der Waals surface area contributed by atoms with Gasteiger partial charge in [0.25, 0.3) is 5.56 Å². The standard InChI is InChI=1S/C19H13ClF3N5O3/c1-11-8-16(29)28-18(27(11)10-12-2-7-15(20)24-9-12)25-17(26-28)30-13-3-5-14(6-4-13)31-19(21,22)23/h2-9H,10H2,1H3. The van der Waals surface area contributed by atoms with Gasteiger partial charge < -0.3 is 14.0 Å². The Morgan fingerprint density at radius 2 is 1.81 bits per heavy atom. The lowest BCUT2D eigenvalue weighted by molar-refractivity contribution is -0.274. The summed E-state index contributed by atoms with van der Waals surface area (Å²) < 4.78 is 49.0. The molecular weight excluding hydrogens is 439 g/mol. The number of hydrogen-bond donors (Lipinski definition) is 0. The fourth-order valence-electron chi connectivity index (χ4n) is 2.82. The number of aryl methyl sites for hydroxylation is 1. The van der Waals surface area contributed by atoms with E-state index < -0.39 is 17.7 Å². The number of benzene rings is 1. The molecule has 8 nitrogen and oxygen atoms in total. The zero-order chi connectivity index (χ0) is 22.2. The molecule has 0 unspecified atom stereocenters. The molecule has 4 aromatic rings. The minimum Gasteiger partial charge on any atom is -0.423 e. The highest BCUT2D eigenvalue weighted by atomic mass is 35.5. The summed E-state index contributed by atoms with van der Waals surface area (Å²) in [5.41, 5.74) is 1.05. The zero-order valence-electron chi connectivity index (χ0n) is 15.8. The quantitative estimate of drug-likeness (QED) is 0.427. The average Bonchev–Trinajstić information content (AvgIpc) is 3.11. The smallest absolute Gasteiger partial charge is 0.423 e. The highest BCUT2D eigenvalue weighted by molar-refractivity contribution is 6.29. The third-order valence-electron chi connectivity index (χ3n) is 4.17. The molecule has 0 bridgehead atoms. The molecular formula is C19H13ClF3N5O3. The van der Waals surface area contributed by atoms with Gasteiger partial charge >= 0.3 is 12.4 Å². The van der Waals surface area contributed by atoms with Gasteiger partial charge in [0.2, 0.25) is 5.78 Å². The molecule has 0 saturated carbocycles. The molecule has 0 fully saturated rings. The molecule has 0 spiro atoms. The highest BCUT2D eigenvalue weighted by Gasteiger charge is 2.31. The van der Waals surface area contributed by atoms with E-state index in [-0.39, 0.29) is 17.5 Å². The van der Waals surface area contributed by atoms with Crippen LogP contribution in [0.5, 0.6) is 17.5 Å². The maximum atomic E-state index is 12.3. The molecule has 160 valence electrons. The first kappa shape index (κ1) is 20.7. The first-order valence-electron chi connectivity index (χ1n) is 8.79. The Kier molecular flexibility index (Phi) is 5.27. The molecule has 0 atom stereocenters. The number of alkyl halides is 3. The second-order valence-electron chi connectivity index (χ2n) is 6.43. The summed E-state index contributed by atoms with van der Waals surface area (Å²) in [6.45, 7) is 2.10. The molecule has 0 radical (unpaired) electrons. The minimum atomic E-state index is -4.79.